The summed E-state index contributed by atoms with van der Waals surface area (Å²) in [6, 6.07) is 16.8. The van der Waals surface area contributed by atoms with Gasteiger partial charge in [-0.15, -0.1) is 0 Å². The maximum Gasteiger partial charge on any atom is 0.243 e. The second kappa shape index (κ2) is 7.17. The molecule has 3 aromatic rings. The Balaban J connectivity index is 1.47. The van der Waals surface area contributed by atoms with E-state index < -0.39 is 10.0 Å². The van der Waals surface area contributed by atoms with E-state index in [4.69, 9.17) is 4.42 Å². The molecule has 1 aliphatic rings. The molecule has 0 spiro atoms. The van der Waals surface area contributed by atoms with Gasteiger partial charge in [0.1, 0.15) is 0 Å². The highest BCUT2D eigenvalue weighted by Gasteiger charge is 2.28. The van der Waals surface area contributed by atoms with Crippen LogP contribution >= 0.6 is 0 Å². The number of aryl methyl sites for hydroxylation is 1. The predicted octanol–water partition coefficient (Wildman–Crippen LogP) is 3.16. The predicted molar refractivity (Wildman–Crippen MR) is 104 cm³/mol. The average Bonchev–Trinajstić information content (AvgIpc) is 3.15. The van der Waals surface area contributed by atoms with Crippen LogP contribution in [-0.2, 0) is 10.0 Å². The first-order chi connectivity index (χ1) is 13.0. The maximum atomic E-state index is 13.0. The van der Waals surface area contributed by atoms with Gasteiger partial charge in [-0.2, -0.15) is 4.31 Å². The van der Waals surface area contributed by atoms with Gasteiger partial charge in [0, 0.05) is 44.4 Å². The molecule has 4 rings (SSSR count). The van der Waals surface area contributed by atoms with Crippen LogP contribution in [0.3, 0.4) is 0 Å². The molecule has 2 aromatic carbocycles. The molecule has 1 saturated heterocycles. The van der Waals surface area contributed by atoms with Crippen LogP contribution in [0.5, 0.6) is 0 Å². The van der Waals surface area contributed by atoms with Gasteiger partial charge in [0.2, 0.25) is 10.0 Å². The largest absolute Gasteiger partial charge is 0.441 e. The molecule has 1 fully saturated rings. The standard InChI is InChI=1S/C20H21N3O3S/c1-16-21-15-20(26-16)17-7-9-19(10-8-17)27(24,25)23-13-11-22(12-14-23)18-5-3-2-4-6-18/h2-10,15H,11-14H2,1H3. The lowest BCUT2D eigenvalue weighted by Gasteiger charge is -2.35. The van der Waals surface area contributed by atoms with Crippen LogP contribution in [0, 0.1) is 6.92 Å². The number of para-hydroxylation sites is 1. The van der Waals surface area contributed by atoms with Gasteiger partial charge < -0.3 is 9.32 Å². The van der Waals surface area contributed by atoms with Crippen molar-refractivity contribution < 1.29 is 12.8 Å². The number of aromatic nitrogens is 1. The average molecular weight is 383 g/mol. The molecule has 0 aliphatic carbocycles. The number of piperazine rings is 1. The molecular weight excluding hydrogens is 362 g/mol. The highest BCUT2D eigenvalue weighted by atomic mass is 32.2. The second-order valence-corrected chi connectivity index (χ2v) is 8.43. The van der Waals surface area contributed by atoms with Crippen LogP contribution in [0.25, 0.3) is 11.3 Å². The van der Waals surface area contributed by atoms with Crippen molar-refractivity contribution in [3.05, 3.63) is 66.7 Å². The lowest BCUT2D eigenvalue weighted by Crippen LogP contribution is -2.48. The lowest BCUT2D eigenvalue weighted by atomic mass is 10.2. The molecule has 0 N–H and O–H groups in total. The zero-order valence-corrected chi connectivity index (χ0v) is 15.9. The summed E-state index contributed by atoms with van der Waals surface area (Å²) < 4.78 is 33.0. The summed E-state index contributed by atoms with van der Waals surface area (Å²) >= 11 is 0. The number of hydrogen-bond donors (Lipinski definition) is 0. The van der Waals surface area contributed by atoms with Gasteiger partial charge in [0.15, 0.2) is 11.7 Å². The van der Waals surface area contributed by atoms with Crippen molar-refractivity contribution in [1.82, 2.24) is 9.29 Å². The van der Waals surface area contributed by atoms with Crippen LogP contribution < -0.4 is 4.90 Å². The molecule has 6 nitrogen and oxygen atoms in total. The Morgan fingerprint density at radius 1 is 0.926 bits per heavy atom. The SMILES string of the molecule is Cc1ncc(-c2ccc(S(=O)(=O)N3CCN(c4ccccc4)CC3)cc2)o1. The number of rotatable bonds is 4. The van der Waals surface area contributed by atoms with Crippen molar-refractivity contribution in [3.63, 3.8) is 0 Å². The summed E-state index contributed by atoms with van der Waals surface area (Å²) in [6.07, 6.45) is 1.64. The summed E-state index contributed by atoms with van der Waals surface area (Å²) in [5.74, 6) is 1.21. The van der Waals surface area contributed by atoms with Gasteiger partial charge in [0.25, 0.3) is 0 Å². The van der Waals surface area contributed by atoms with Crippen LogP contribution in [0.1, 0.15) is 5.89 Å². The highest BCUT2D eigenvalue weighted by molar-refractivity contribution is 7.89. The van der Waals surface area contributed by atoms with Crippen LogP contribution in [0.2, 0.25) is 0 Å². The number of hydrogen-bond acceptors (Lipinski definition) is 5. The molecule has 0 atom stereocenters. The summed E-state index contributed by atoms with van der Waals surface area (Å²) in [5, 5.41) is 0. The Hall–Kier alpha value is -2.64. The van der Waals surface area contributed by atoms with E-state index in [0.717, 1.165) is 11.3 Å². The molecule has 140 valence electrons. The van der Waals surface area contributed by atoms with Gasteiger partial charge in [-0.3, -0.25) is 0 Å². The van der Waals surface area contributed by atoms with Gasteiger partial charge in [-0.25, -0.2) is 13.4 Å². The Morgan fingerprint density at radius 3 is 2.19 bits per heavy atom. The molecule has 0 radical (unpaired) electrons. The smallest absolute Gasteiger partial charge is 0.243 e. The van der Waals surface area contributed by atoms with Crippen molar-refractivity contribution >= 4 is 15.7 Å². The minimum Gasteiger partial charge on any atom is -0.441 e. The van der Waals surface area contributed by atoms with Crippen molar-refractivity contribution in [2.24, 2.45) is 0 Å². The number of benzene rings is 2. The Kier molecular flexibility index (Phi) is 4.72. The van der Waals surface area contributed by atoms with Gasteiger partial charge in [-0.1, -0.05) is 18.2 Å². The summed E-state index contributed by atoms with van der Waals surface area (Å²) in [7, 11) is -3.50. The Labute approximate surface area is 159 Å². The zero-order valence-electron chi connectivity index (χ0n) is 15.1. The zero-order chi connectivity index (χ0) is 18.9. The second-order valence-electron chi connectivity index (χ2n) is 6.49. The molecule has 7 heteroatoms. The number of nitrogens with zero attached hydrogens (tertiary/aromatic N) is 3. The third-order valence-corrected chi connectivity index (χ3v) is 6.67. The van der Waals surface area contributed by atoms with Crippen molar-refractivity contribution in [2.75, 3.05) is 31.1 Å². The first kappa shape index (κ1) is 17.8. The van der Waals surface area contributed by atoms with E-state index in [1.807, 2.05) is 30.3 Å². The van der Waals surface area contributed by atoms with E-state index in [-0.39, 0.29) is 0 Å². The molecular formula is C20H21N3O3S. The van der Waals surface area contributed by atoms with E-state index in [2.05, 4.69) is 9.88 Å². The topological polar surface area (TPSA) is 66.7 Å². The molecule has 2 heterocycles. The normalized spacial score (nSPS) is 15.8. The molecule has 0 amide bonds. The molecule has 0 bridgehead atoms. The number of sulfonamides is 1. The third-order valence-electron chi connectivity index (χ3n) is 4.76. The van der Waals surface area contributed by atoms with Gasteiger partial charge in [-0.05, 0) is 36.4 Å². The molecule has 0 unspecified atom stereocenters. The van der Waals surface area contributed by atoms with E-state index >= 15 is 0 Å². The molecule has 1 aliphatic heterocycles. The lowest BCUT2D eigenvalue weighted by molar-refractivity contribution is 0.385. The Bertz CT molecular complexity index is 1010. The van der Waals surface area contributed by atoms with E-state index in [0.29, 0.717) is 42.7 Å². The highest BCUT2D eigenvalue weighted by Crippen LogP contribution is 2.25. The quantitative estimate of drug-likeness (QED) is 0.692. The Morgan fingerprint density at radius 2 is 1.59 bits per heavy atom. The third kappa shape index (κ3) is 3.61. The first-order valence-electron chi connectivity index (χ1n) is 8.87. The van der Waals surface area contributed by atoms with Crippen LogP contribution in [-0.4, -0.2) is 43.9 Å². The molecule has 0 saturated carbocycles. The molecule has 27 heavy (non-hydrogen) atoms. The van der Waals surface area contributed by atoms with Crippen molar-refractivity contribution in [2.45, 2.75) is 11.8 Å². The van der Waals surface area contributed by atoms with Gasteiger partial charge >= 0.3 is 0 Å². The van der Waals surface area contributed by atoms with E-state index in [1.54, 1.807) is 41.7 Å². The number of anilines is 1. The van der Waals surface area contributed by atoms with Crippen LogP contribution in [0.15, 0.2) is 70.1 Å². The van der Waals surface area contributed by atoms with E-state index in [9.17, 15) is 8.42 Å². The molecule has 1 aromatic heterocycles. The van der Waals surface area contributed by atoms with Crippen LogP contribution in [0.4, 0.5) is 5.69 Å². The maximum absolute atomic E-state index is 13.0. The number of oxazole rings is 1. The fourth-order valence-electron chi connectivity index (χ4n) is 3.26. The monoisotopic (exact) mass is 383 g/mol. The minimum absolute atomic E-state index is 0.302. The first-order valence-corrected chi connectivity index (χ1v) is 10.3. The van der Waals surface area contributed by atoms with Crippen molar-refractivity contribution in [3.8, 4) is 11.3 Å². The summed E-state index contributed by atoms with van der Waals surface area (Å²) in [5.41, 5.74) is 1.93. The summed E-state index contributed by atoms with van der Waals surface area (Å²) in [6.45, 7) is 4.08. The minimum atomic E-state index is -3.50. The summed E-state index contributed by atoms with van der Waals surface area (Å²) in [4.78, 5) is 6.58. The fourth-order valence-corrected chi connectivity index (χ4v) is 4.68. The van der Waals surface area contributed by atoms with E-state index in [1.165, 1.54) is 0 Å². The van der Waals surface area contributed by atoms with Crippen molar-refractivity contribution in [1.29, 1.82) is 0 Å². The van der Waals surface area contributed by atoms with Gasteiger partial charge in [0.05, 0.1) is 11.1 Å². The fraction of sp³-hybridized carbons (Fsp3) is 0.250.